The molecule has 2 aliphatic rings. The van der Waals surface area contributed by atoms with Gasteiger partial charge in [0.1, 0.15) is 24.4 Å². The summed E-state index contributed by atoms with van der Waals surface area (Å²) in [6.45, 7) is 4.55. The number of hydrogen-bond donors (Lipinski definition) is 2. The molecule has 3 rings (SSSR count). The quantitative estimate of drug-likeness (QED) is 0.708. The molecule has 25 heavy (non-hydrogen) atoms. The van der Waals surface area contributed by atoms with E-state index in [1.807, 2.05) is 6.92 Å². The highest BCUT2D eigenvalue weighted by Crippen LogP contribution is 2.40. The van der Waals surface area contributed by atoms with E-state index in [1.54, 1.807) is 26.0 Å². The first kappa shape index (κ1) is 18.7. The molecule has 8 nitrogen and oxygen atoms in total. The van der Waals surface area contributed by atoms with Gasteiger partial charge in [0, 0.05) is 0 Å². The summed E-state index contributed by atoms with van der Waals surface area (Å²) in [4.78, 5) is -0.0167. The van der Waals surface area contributed by atoms with Crippen molar-refractivity contribution in [2.75, 3.05) is 6.61 Å². The summed E-state index contributed by atoms with van der Waals surface area (Å²) >= 11 is 0. The zero-order chi connectivity index (χ0) is 18.4. The monoisotopic (exact) mass is 374 g/mol. The van der Waals surface area contributed by atoms with Crippen LogP contribution in [0, 0.1) is 6.92 Å². The van der Waals surface area contributed by atoms with Gasteiger partial charge in [-0.05, 0) is 32.9 Å². The molecule has 1 aromatic rings. The molecule has 2 N–H and O–H groups in total. The third-order valence-corrected chi connectivity index (χ3v) is 5.47. The smallest absolute Gasteiger partial charge is 0.297 e. The minimum Gasteiger partial charge on any atom is -0.394 e. The lowest BCUT2D eigenvalue weighted by atomic mass is 10.1. The predicted molar refractivity (Wildman–Crippen MR) is 85.0 cm³/mol. The van der Waals surface area contributed by atoms with Gasteiger partial charge >= 0.3 is 0 Å². The molecular formula is C16H22O8S. The summed E-state index contributed by atoms with van der Waals surface area (Å²) in [7, 11) is -4.12. The van der Waals surface area contributed by atoms with E-state index in [9.17, 15) is 18.6 Å². The van der Waals surface area contributed by atoms with E-state index in [1.165, 1.54) is 12.1 Å². The number of rotatable bonds is 5. The van der Waals surface area contributed by atoms with Crippen molar-refractivity contribution >= 4 is 10.1 Å². The van der Waals surface area contributed by atoms with E-state index in [4.69, 9.17) is 18.4 Å². The Morgan fingerprint density at radius 1 is 1.24 bits per heavy atom. The highest BCUT2D eigenvalue weighted by Gasteiger charge is 2.58. The molecule has 0 aliphatic carbocycles. The molecule has 0 radical (unpaired) electrons. The minimum atomic E-state index is -4.12. The van der Waals surface area contributed by atoms with Gasteiger partial charge in [-0.15, -0.1) is 0 Å². The Morgan fingerprint density at radius 2 is 1.88 bits per heavy atom. The SMILES string of the molecule is Cc1ccc(S(=O)(=O)O[C@H]2[C@H]3OC(C)(C)O[C@H]3O[C@@H]2[C@H](O)CO)cc1. The lowest BCUT2D eigenvalue weighted by molar-refractivity contribution is -0.225. The van der Waals surface area contributed by atoms with Crippen LogP contribution in [0.15, 0.2) is 29.2 Å². The molecule has 0 aromatic heterocycles. The van der Waals surface area contributed by atoms with E-state index < -0.39 is 53.2 Å². The van der Waals surface area contributed by atoms with Crippen molar-refractivity contribution in [3.05, 3.63) is 29.8 Å². The Balaban J connectivity index is 1.87. The van der Waals surface area contributed by atoms with Crippen LogP contribution in [0.25, 0.3) is 0 Å². The fourth-order valence-electron chi connectivity index (χ4n) is 2.93. The number of benzene rings is 1. The number of aliphatic hydroxyl groups is 2. The van der Waals surface area contributed by atoms with Gasteiger partial charge in [-0.25, -0.2) is 0 Å². The maximum absolute atomic E-state index is 12.6. The number of hydrogen-bond acceptors (Lipinski definition) is 8. The third kappa shape index (κ3) is 3.72. The van der Waals surface area contributed by atoms with Crippen LogP contribution in [0.2, 0.25) is 0 Å². The van der Waals surface area contributed by atoms with Gasteiger partial charge in [0.2, 0.25) is 0 Å². The van der Waals surface area contributed by atoms with Crippen molar-refractivity contribution in [2.45, 2.75) is 62.2 Å². The third-order valence-electron chi connectivity index (χ3n) is 4.14. The second-order valence-corrected chi connectivity index (χ2v) is 8.22. The average molecular weight is 374 g/mol. The van der Waals surface area contributed by atoms with Crippen LogP contribution in [-0.4, -0.2) is 61.7 Å². The van der Waals surface area contributed by atoms with Crippen molar-refractivity contribution in [1.82, 2.24) is 0 Å². The first-order valence-electron chi connectivity index (χ1n) is 7.93. The molecule has 2 fully saturated rings. The van der Waals surface area contributed by atoms with Gasteiger partial charge in [-0.1, -0.05) is 17.7 Å². The van der Waals surface area contributed by atoms with Crippen molar-refractivity contribution in [3.63, 3.8) is 0 Å². The molecule has 5 atom stereocenters. The summed E-state index contributed by atoms with van der Waals surface area (Å²) in [5.41, 5.74) is 0.908. The van der Waals surface area contributed by atoms with Gasteiger partial charge in [0.25, 0.3) is 10.1 Å². The molecule has 0 amide bonds. The number of aryl methyl sites for hydroxylation is 1. The van der Waals surface area contributed by atoms with E-state index in [0.29, 0.717) is 0 Å². The second-order valence-electron chi connectivity index (χ2n) is 6.65. The number of fused-ring (bicyclic) bond motifs is 1. The Bertz CT molecular complexity index is 714. The van der Waals surface area contributed by atoms with Crippen LogP contribution in [0.4, 0.5) is 0 Å². The molecule has 140 valence electrons. The highest BCUT2D eigenvalue weighted by molar-refractivity contribution is 7.86. The largest absolute Gasteiger partial charge is 0.394 e. The standard InChI is InChI=1S/C16H22O8S/c1-9-4-6-10(7-5-9)25(19,20)24-13-12(11(18)8-17)21-15-14(13)22-16(2,3)23-15/h4-7,11-15,17-18H,8H2,1-3H3/t11-,12-,13-,14-,15-/m1/s1. The fraction of sp³-hybridized carbons (Fsp3) is 0.625. The molecule has 0 unspecified atom stereocenters. The summed E-state index contributed by atoms with van der Waals surface area (Å²) in [5, 5.41) is 19.2. The van der Waals surface area contributed by atoms with Gasteiger partial charge < -0.3 is 24.4 Å². The number of aliphatic hydroxyl groups excluding tert-OH is 2. The van der Waals surface area contributed by atoms with E-state index in [2.05, 4.69) is 0 Å². The molecule has 2 heterocycles. The second kappa shape index (κ2) is 6.58. The van der Waals surface area contributed by atoms with Gasteiger partial charge in [-0.2, -0.15) is 8.42 Å². The van der Waals surface area contributed by atoms with Crippen LogP contribution in [0.1, 0.15) is 19.4 Å². The lowest BCUT2D eigenvalue weighted by Crippen LogP contribution is -2.45. The summed E-state index contributed by atoms with van der Waals surface area (Å²) in [6, 6.07) is 6.18. The Morgan fingerprint density at radius 3 is 2.48 bits per heavy atom. The molecule has 0 saturated carbocycles. The summed E-state index contributed by atoms with van der Waals surface area (Å²) in [5.74, 6) is -0.973. The lowest BCUT2D eigenvalue weighted by Gasteiger charge is -2.27. The van der Waals surface area contributed by atoms with Gasteiger partial charge in [0.05, 0.1) is 11.5 Å². The average Bonchev–Trinajstić information content (AvgIpc) is 3.00. The van der Waals surface area contributed by atoms with Gasteiger partial charge in [-0.3, -0.25) is 4.18 Å². The maximum atomic E-state index is 12.6. The van der Waals surface area contributed by atoms with E-state index in [0.717, 1.165) is 5.56 Å². The molecule has 2 aliphatic heterocycles. The Kier molecular flexibility index (Phi) is 4.93. The van der Waals surface area contributed by atoms with Crippen molar-refractivity contribution < 1.29 is 37.0 Å². The highest BCUT2D eigenvalue weighted by atomic mass is 32.2. The first-order chi connectivity index (χ1) is 11.6. The summed E-state index contributed by atoms with van der Waals surface area (Å²) < 4.78 is 47.3. The normalized spacial score (nSPS) is 32.5. The summed E-state index contributed by atoms with van der Waals surface area (Å²) in [6.07, 6.45) is -5.32. The van der Waals surface area contributed by atoms with Crippen LogP contribution >= 0.6 is 0 Å². The molecule has 1 aromatic carbocycles. The Hall–Kier alpha value is -1.07. The van der Waals surface area contributed by atoms with Crippen LogP contribution < -0.4 is 0 Å². The Labute approximate surface area is 146 Å². The van der Waals surface area contributed by atoms with Crippen molar-refractivity contribution in [1.29, 1.82) is 0 Å². The molecule has 0 bridgehead atoms. The van der Waals surface area contributed by atoms with Crippen molar-refractivity contribution in [2.24, 2.45) is 0 Å². The molecule has 0 spiro atoms. The van der Waals surface area contributed by atoms with Crippen LogP contribution in [0.5, 0.6) is 0 Å². The number of ether oxygens (including phenoxy) is 3. The van der Waals surface area contributed by atoms with Crippen molar-refractivity contribution in [3.8, 4) is 0 Å². The van der Waals surface area contributed by atoms with E-state index >= 15 is 0 Å². The maximum Gasteiger partial charge on any atom is 0.297 e. The fourth-order valence-corrected chi connectivity index (χ4v) is 4.03. The van der Waals surface area contributed by atoms with Gasteiger partial charge in [0.15, 0.2) is 12.1 Å². The van der Waals surface area contributed by atoms with Crippen LogP contribution in [-0.2, 0) is 28.5 Å². The zero-order valence-electron chi connectivity index (χ0n) is 14.2. The molecule has 9 heteroatoms. The minimum absolute atomic E-state index is 0.0167. The molecule has 2 saturated heterocycles. The molecular weight excluding hydrogens is 352 g/mol. The van der Waals surface area contributed by atoms with Crippen LogP contribution in [0.3, 0.4) is 0 Å². The van der Waals surface area contributed by atoms with E-state index in [-0.39, 0.29) is 4.90 Å². The predicted octanol–water partition coefficient (Wildman–Crippen LogP) is 0.299. The first-order valence-corrected chi connectivity index (χ1v) is 9.34. The topological polar surface area (TPSA) is 112 Å². The zero-order valence-corrected chi connectivity index (χ0v) is 15.0.